The molecule has 0 atom stereocenters. The highest BCUT2D eigenvalue weighted by molar-refractivity contribution is 6.30. The van der Waals surface area contributed by atoms with E-state index in [1.54, 1.807) is 36.4 Å². The zero-order valence-electron chi connectivity index (χ0n) is 17.1. The van der Waals surface area contributed by atoms with Gasteiger partial charge in [0.1, 0.15) is 5.76 Å². The SMILES string of the molecule is Cc1cccc(Cn2c(=O)c(C(=O)NCc3ccco3)nn(-c3cccc(Cl)c3)c2=O)c1. The molecular formula is C23H19ClN4O4. The number of halogens is 1. The molecule has 0 aliphatic rings. The normalized spacial score (nSPS) is 10.8. The first-order valence-electron chi connectivity index (χ1n) is 9.78. The minimum Gasteiger partial charge on any atom is -0.467 e. The third-order valence-corrected chi connectivity index (χ3v) is 4.99. The number of nitrogens with zero attached hydrogens (tertiary/aromatic N) is 3. The van der Waals surface area contributed by atoms with E-state index < -0.39 is 22.9 Å². The largest absolute Gasteiger partial charge is 0.467 e. The van der Waals surface area contributed by atoms with E-state index in [1.807, 2.05) is 25.1 Å². The number of hydrogen-bond acceptors (Lipinski definition) is 5. The van der Waals surface area contributed by atoms with Gasteiger partial charge in [0, 0.05) is 5.02 Å². The number of carbonyl (C=O) groups excluding carboxylic acids is 1. The van der Waals surface area contributed by atoms with Gasteiger partial charge in [-0.15, -0.1) is 0 Å². The molecule has 2 heterocycles. The topological polar surface area (TPSA) is 99.1 Å². The number of benzene rings is 2. The molecular weight excluding hydrogens is 432 g/mol. The van der Waals surface area contributed by atoms with Crippen molar-refractivity contribution in [1.82, 2.24) is 19.7 Å². The highest BCUT2D eigenvalue weighted by Crippen LogP contribution is 2.13. The molecule has 2 aromatic heterocycles. The molecule has 162 valence electrons. The Bertz CT molecular complexity index is 1390. The van der Waals surface area contributed by atoms with Crippen LogP contribution in [0.1, 0.15) is 27.4 Å². The first kappa shape index (κ1) is 21.3. The van der Waals surface area contributed by atoms with Gasteiger partial charge in [0.15, 0.2) is 0 Å². The molecule has 0 fully saturated rings. The lowest BCUT2D eigenvalue weighted by Gasteiger charge is -2.12. The highest BCUT2D eigenvalue weighted by atomic mass is 35.5. The minimum atomic E-state index is -0.785. The van der Waals surface area contributed by atoms with Crippen molar-refractivity contribution in [2.24, 2.45) is 0 Å². The third kappa shape index (κ3) is 4.55. The number of aryl methyl sites for hydroxylation is 1. The lowest BCUT2D eigenvalue weighted by molar-refractivity contribution is 0.0938. The van der Waals surface area contributed by atoms with Crippen molar-refractivity contribution < 1.29 is 9.21 Å². The molecule has 1 amide bonds. The fourth-order valence-corrected chi connectivity index (χ4v) is 3.41. The number of furan rings is 1. The van der Waals surface area contributed by atoms with Crippen molar-refractivity contribution >= 4 is 17.5 Å². The number of aromatic nitrogens is 3. The van der Waals surface area contributed by atoms with E-state index in [1.165, 1.54) is 12.3 Å². The Labute approximate surface area is 187 Å². The first-order valence-corrected chi connectivity index (χ1v) is 10.2. The summed E-state index contributed by atoms with van der Waals surface area (Å²) in [6.07, 6.45) is 1.48. The van der Waals surface area contributed by atoms with Crippen LogP contribution in [0, 0.1) is 6.92 Å². The second-order valence-corrected chi connectivity index (χ2v) is 7.60. The van der Waals surface area contributed by atoms with Crippen LogP contribution >= 0.6 is 11.6 Å². The molecule has 0 aliphatic heterocycles. The van der Waals surface area contributed by atoms with Gasteiger partial charge >= 0.3 is 5.69 Å². The molecule has 9 heteroatoms. The van der Waals surface area contributed by atoms with Gasteiger partial charge < -0.3 is 9.73 Å². The lowest BCUT2D eigenvalue weighted by Crippen LogP contribution is -2.46. The van der Waals surface area contributed by atoms with Crippen LogP contribution in [0.4, 0.5) is 0 Å². The smallest absolute Gasteiger partial charge is 0.352 e. The van der Waals surface area contributed by atoms with Crippen LogP contribution in [-0.2, 0) is 13.1 Å². The number of amides is 1. The van der Waals surface area contributed by atoms with Gasteiger partial charge in [0.05, 0.1) is 25.0 Å². The molecule has 2 aromatic carbocycles. The van der Waals surface area contributed by atoms with Gasteiger partial charge in [-0.1, -0.05) is 47.5 Å². The Hall–Kier alpha value is -3.91. The lowest BCUT2D eigenvalue weighted by atomic mass is 10.1. The average molecular weight is 451 g/mol. The van der Waals surface area contributed by atoms with Crippen LogP contribution in [-0.4, -0.2) is 20.3 Å². The Balaban J connectivity index is 1.81. The summed E-state index contributed by atoms with van der Waals surface area (Å²) in [6, 6.07) is 17.2. The summed E-state index contributed by atoms with van der Waals surface area (Å²) >= 11 is 6.07. The molecule has 4 rings (SSSR count). The van der Waals surface area contributed by atoms with Gasteiger partial charge in [-0.3, -0.25) is 14.2 Å². The predicted octanol–water partition coefficient (Wildman–Crippen LogP) is 2.93. The van der Waals surface area contributed by atoms with Gasteiger partial charge in [0.25, 0.3) is 11.5 Å². The van der Waals surface area contributed by atoms with Crippen LogP contribution in [0.3, 0.4) is 0 Å². The van der Waals surface area contributed by atoms with Gasteiger partial charge in [-0.25, -0.2) is 4.79 Å². The molecule has 8 nitrogen and oxygen atoms in total. The van der Waals surface area contributed by atoms with Crippen molar-refractivity contribution in [1.29, 1.82) is 0 Å². The summed E-state index contributed by atoms with van der Waals surface area (Å²) in [5, 5.41) is 7.06. The number of carbonyl (C=O) groups is 1. The molecule has 4 aromatic rings. The van der Waals surface area contributed by atoms with Gasteiger partial charge in [-0.2, -0.15) is 9.78 Å². The van der Waals surface area contributed by atoms with E-state index in [9.17, 15) is 14.4 Å². The second kappa shape index (κ2) is 9.07. The average Bonchev–Trinajstić information content (AvgIpc) is 3.29. The Kier molecular flexibility index (Phi) is 6.04. The van der Waals surface area contributed by atoms with E-state index in [2.05, 4.69) is 10.4 Å². The molecule has 0 unspecified atom stereocenters. The minimum absolute atomic E-state index is 0.0130. The summed E-state index contributed by atoms with van der Waals surface area (Å²) in [7, 11) is 0. The van der Waals surface area contributed by atoms with Crippen LogP contribution in [0.5, 0.6) is 0 Å². The van der Waals surface area contributed by atoms with Gasteiger partial charge in [0.2, 0.25) is 5.69 Å². The zero-order valence-corrected chi connectivity index (χ0v) is 17.9. The molecule has 1 N–H and O–H groups in total. The molecule has 0 saturated heterocycles. The summed E-state index contributed by atoms with van der Waals surface area (Å²) in [4.78, 5) is 39.1. The maximum Gasteiger partial charge on any atom is 0.352 e. The van der Waals surface area contributed by atoms with Crippen LogP contribution < -0.4 is 16.6 Å². The van der Waals surface area contributed by atoms with Crippen LogP contribution in [0.2, 0.25) is 5.02 Å². The quantitative estimate of drug-likeness (QED) is 0.487. The summed E-state index contributed by atoms with van der Waals surface area (Å²) in [6.45, 7) is 1.97. The number of hydrogen-bond donors (Lipinski definition) is 1. The van der Waals surface area contributed by atoms with Crippen molar-refractivity contribution in [3.8, 4) is 5.69 Å². The molecule has 0 radical (unpaired) electrons. The van der Waals surface area contributed by atoms with Crippen molar-refractivity contribution in [2.75, 3.05) is 0 Å². The molecule has 0 saturated carbocycles. The second-order valence-electron chi connectivity index (χ2n) is 7.17. The highest BCUT2D eigenvalue weighted by Gasteiger charge is 2.21. The predicted molar refractivity (Wildman–Crippen MR) is 119 cm³/mol. The summed E-state index contributed by atoms with van der Waals surface area (Å²) < 4.78 is 7.20. The van der Waals surface area contributed by atoms with Crippen molar-refractivity contribution in [3.05, 3.63) is 115 Å². The van der Waals surface area contributed by atoms with Crippen LogP contribution in [0.15, 0.2) is 80.9 Å². The maximum atomic E-state index is 13.2. The van der Waals surface area contributed by atoms with E-state index >= 15 is 0 Å². The van der Waals surface area contributed by atoms with Crippen molar-refractivity contribution in [3.63, 3.8) is 0 Å². The fourth-order valence-electron chi connectivity index (χ4n) is 3.23. The van der Waals surface area contributed by atoms with Crippen molar-refractivity contribution in [2.45, 2.75) is 20.0 Å². The monoisotopic (exact) mass is 450 g/mol. The first-order chi connectivity index (χ1) is 15.4. The standard InChI is InChI=1S/C23H19ClN4O4/c1-15-5-2-6-16(11-15)14-27-22(30)20(21(29)25-13-19-9-4-10-32-19)26-28(23(27)31)18-8-3-7-17(24)12-18/h2-12H,13-14H2,1H3,(H,25,29). The molecule has 0 spiro atoms. The number of nitrogens with one attached hydrogen (secondary N) is 1. The number of rotatable bonds is 6. The van der Waals surface area contributed by atoms with Gasteiger partial charge in [-0.05, 0) is 42.8 Å². The molecule has 0 bridgehead atoms. The summed E-state index contributed by atoms with van der Waals surface area (Å²) in [5.74, 6) is -0.207. The van der Waals surface area contributed by atoms with E-state index in [0.717, 1.165) is 20.4 Å². The summed E-state index contributed by atoms with van der Waals surface area (Å²) in [5.41, 5.74) is 0.184. The van der Waals surface area contributed by atoms with E-state index in [0.29, 0.717) is 16.5 Å². The van der Waals surface area contributed by atoms with E-state index in [4.69, 9.17) is 16.0 Å². The Morgan fingerprint density at radius 3 is 2.62 bits per heavy atom. The van der Waals surface area contributed by atoms with Crippen LogP contribution in [0.25, 0.3) is 5.69 Å². The maximum absolute atomic E-state index is 13.2. The van der Waals surface area contributed by atoms with E-state index in [-0.39, 0.29) is 13.1 Å². The molecule has 32 heavy (non-hydrogen) atoms. The third-order valence-electron chi connectivity index (χ3n) is 4.75. The Morgan fingerprint density at radius 2 is 1.91 bits per heavy atom. The fraction of sp³-hybridized carbons (Fsp3) is 0.130. The Morgan fingerprint density at radius 1 is 1.09 bits per heavy atom. The molecule has 0 aliphatic carbocycles. The zero-order chi connectivity index (χ0) is 22.7.